The fourth-order valence-electron chi connectivity index (χ4n) is 0.868. The molecule has 78 valence electrons. The van der Waals surface area contributed by atoms with E-state index in [0.717, 1.165) is 0 Å². The first-order valence-electron chi connectivity index (χ1n) is 4.12. The van der Waals surface area contributed by atoms with Gasteiger partial charge in [-0.1, -0.05) is 30.8 Å². The molecule has 0 spiro atoms. The van der Waals surface area contributed by atoms with Crippen molar-refractivity contribution in [3.05, 3.63) is 60.4 Å². The van der Waals surface area contributed by atoms with Crippen LogP contribution >= 0.6 is 11.6 Å². The first kappa shape index (κ1) is 11.5. The molecule has 0 saturated carbocycles. The lowest BCUT2D eigenvalue weighted by Gasteiger charge is -2.06. The number of hydrogen-bond acceptors (Lipinski definition) is 2. The predicted molar refractivity (Wildman–Crippen MR) is 58.3 cm³/mol. The number of allylic oxidation sites excluding steroid dienone is 3. The molecule has 1 aromatic heterocycles. The van der Waals surface area contributed by atoms with E-state index in [9.17, 15) is 4.39 Å². The Labute approximate surface area is 92.4 Å². The highest BCUT2D eigenvalue weighted by Crippen LogP contribution is 2.23. The van der Waals surface area contributed by atoms with Gasteiger partial charge >= 0.3 is 0 Å². The summed E-state index contributed by atoms with van der Waals surface area (Å²) in [5.41, 5.74) is 0. The van der Waals surface area contributed by atoms with E-state index in [1.807, 2.05) is 0 Å². The minimum absolute atomic E-state index is 0.00278. The summed E-state index contributed by atoms with van der Waals surface area (Å²) in [5, 5.41) is -0.227. The van der Waals surface area contributed by atoms with Gasteiger partial charge in [-0.3, -0.25) is 0 Å². The average molecular weight is 226 g/mol. The van der Waals surface area contributed by atoms with Gasteiger partial charge < -0.3 is 4.74 Å². The maximum atomic E-state index is 13.3. The number of halogens is 2. The van der Waals surface area contributed by atoms with E-state index in [0.29, 0.717) is 5.76 Å². The largest absolute Gasteiger partial charge is 0.454 e. The minimum atomic E-state index is -0.698. The van der Waals surface area contributed by atoms with Gasteiger partial charge in [0.1, 0.15) is 5.76 Å². The molecule has 0 aromatic carbocycles. The van der Waals surface area contributed by atoms with Crippen LogP contribution in [-0.2, 0) is 0 Å². The van der Waals surface area contributed by atoms with Crippen molar-refractivity contribution in [2.75, 3.05) is 0 Å². The van der Waals surface area contributed by atoms with E-state index in [1.54, 1.807) is 6.08 Å². The lowest BCUT2D eigenvalue weighted by molar-refractivity contribution is 0.410. The molecule has 0 aliphatic carbocycles. The molecule has 0 bridgehead atoms. The Hall–Kier alpha value is -1.61. The molecule has 1 aromatic rings. The fraction of sp³-hybridized carbons (Fsp3) is 0. The van der Waals surface area contributed by atoms with Crippen molar-refractivity contribution in [2.45, 2.75) is 0 Å². The van der Waals surface area contributed by atoms with Crippen LogP contribution in [0.1, 0.15) is 0 Å². The number of hydrogen-bond donors (Lipinski definition) is 0. The Kier molecular flexibility index (Phi) is 4.06. The van der Waals surface area contributed by atoms with E-state index < -0.39 is 5.82 Å². The number of pyridine rings is 1. The molecule has 0 atom stereocenters. The van der Waals surface area contributed by atoms with Gasteiger partial charge in [-0.05, 0) is 12.2 Å². The number of aromatic nitrogens is 1. The van der Waals surface area contributed by atoms with Gasteiger partial charge in [0, 0.05) is 12.3 Å². The lowest BCUT2D eigenvalue weighted by Crippen LogP contribution is -1.95. The predicted octanol–water partition coefficient (Wildman–Crippen LogP) is 3.51. The van der Waals surface area contributed by atoms with Gasteiger partial charge in [-0.2, -0.15) is 4.39 Å². The number of ether oxygens (including phenoxy) is 1. The highest BCUT2D eigenvalue weighted by Gasteiger charge is 2.09. The van der Waals surface area contributed by atoms with Crippen LogP contribution in [0.25, 0.3) is 0 Å². The van der Waals surface area contributed by atoms with Gasteiger partial charge in [-0.15, -0.1) is 0 Å². The zero-order chi connectivity index (χ0) is 11.3. The number of rotatable bonds is 4. The molecule has 1 heterocycles. The highest BCUT2D eigenvalue weighted by molar-refractivity contribution is 6.29. The Bertz CT molecular complexity index is 415. The van der Waals surface area contributed by atoms with Crippen molar-refractivity contribution in [2.24, 2.45) is 0 Å². The van der Waals surface area contributed by atoms with Crippen molar-refractivity contribution in [1.29, 1.82) is 0 Å². The Morgan fingerprint density at radius 1 is 1.53 bits per heavy atom. The fourth-order valence-corrected chi connectivity index (χ4v) is 1.02. The van der Waals surface area contributed by atoms with Crippen LogP contribution in [-0.4, -0.2) is 4.98 Å². The lowest BCUT2D eigenvalue weighted by atomic mass is 10.4. The average Bonchev–Trinajstić information content (AvgIpc) is 2.24. The van der Waals surface area contributed by atoms with E-state index in [1.165, 1.54) is 24.4 Å². The first-order chi connectivity index (χ1) is 7.19. The Morgan fingerprint density at radius 3 is 2.87 bits per heavy atom. The third kappa shape index (κ3) is 2.92. The SMILES string of the molecule is C=C/C=C(\C=C)Oc1ccnc(Cl)c1F. The van der Waals surface area contributed by atoms with Crippen LogP contribution in [0.5, 0.6) is 5.75 Å². The minimum Gasteiger partial charge on any atom is -0.454 e. The van der Waals surface area contributed by atoms with E-state index in [2.05, 4.69) is 18.1 Å². The summed E-state index contributed by atoms with van der Waals surface area (Å²) in [7, 11) is 0. The van der Waals surface area contributed by atoms with Gasteiger partial charge in [0.15, 0.2) is 10.9 Å². The molecule has 1 rings (SSSR count). The Morgan fingerprint density at radius 2 is 2.27 bits per heavy atom. The van der Waals surface area contributed by atoms with Gasteiger partial charge in [0.2, 0.25) is 5.82 Å². The quantitative estimate of drug-likeness (QED) is 0.445. The Balaban J connectivity index is 2.98. The van der Waals surface area contributed by atoms with Crippen molar-refractivity contribution < 1.29 is 9.13 Å². The summed E-state index contributed by atoms with van der Waals surface area (Å²) < 4.78 is 18.5. The topological polar surface area (TPSA) is 22.1 Å². The van der Waals surface area contributed by atoms with E-state index >= 15 is 0 Å². The van der Waals surface area contributed by atoms with E-state index in [4.69, 9.17) is 16.3 Å². The van der Waals surface area contributed by atoms with Crippen LogP contribution in [0.4, 0.5) is 4.39 Å². The molecular formula is C11H9ClFNO. The molecule has 0 aliphatic heterocycles. The molecule has 15 heavy (non-hydrogen) atoms. The molecule has 0 aliphatic rings. The zero-order valence-electron chi connectivity index (χ0n) is 7.91. The summed E-state index contributed by atoms with van der Waals surface area (Å²) in [4.78, 5) is 3.56. The maximum Gasteiger partial charge on any atom is 0.202 e. The summed E-state index contributed by atoms with van der Waals surface area (Å²) in [6, 6.07) is 1.38. The van der Waals surface area contributed by atoms with Crippen molar-refractivity contribution >= 4 is 11.6 Å². The summed E-state index contributed by atoms with van der Waals surface area (Å²) in [5.74, 6) is -0.315. The van der Waals surface area contributed by atoms with Crippen LogP contribution in [0, 0.1) is 5.82 Å². The third-order valence-corrected chi connectivity index (χ3v) is 1.79. The van der Waals surface area contributed by atoms with E-state index in [-0.39, 0.29) is 10.9 Å². The molecule has 2 nitrogen and oxygen atoms in total. The molecule has 4 heteroatoms. The van der Waals surface area contributed by atoms with Crippen LogP contribution in [0.3, 0.4) is 0 Å². The molecule has 0 fully saturated rings. The molecular weight excluding hydrogens is 217 g/mol. The molecule has 0 radical (unpaired) electrons. The zero-order valence-corrected chi connectivity index (χ0v) is 8.67. The third-order valence-electron chi connectivity index (χ3n) is 1.52. The standard InChI is InChI=1S/C11H9ClFNO/c1-3-5-8(4-2)15-9-6-7-14-11(12)10(9)13/h3-7H,1-2H2/b8-5+. The summed E-state index contributed by atoms with van der Waals surface area (Å²) in [6.45, 7) is 7.01. The number of nitrogens with zero attached hydrogens (tertiary/aromatic N) is 1. The second-order valence-electron chi connectivity index (χ2n) is 2.52. The van der Waals surface area contributed by atoms with Gasteiger partial charge in [-0.25, -0.2) is 4.98 Å². The normalized spacial score (nSPS) is 10.9. The van der Waals surface area contributed by atoms with Crippen molar-refractivity contribution in [3.63, 3.8) is 0 Å². The molecule has 0 unspecified atom stereocenters. The second-order valence-corrected chi connectivity index (χ2v) is 2.88. The van der Waals surface area contributed by atoms with Crippen molar-refractivity contribution in [1.82, 2.24) is 4.98 Å². The highest BCUT2D eigenvalue weighted by atomic mass is 35.5. The van der Waals surface area contributed by atoms with Crippen molar-refractivity contribution in [3.8, 4) is 5.75 Å². The van der Waals surface area contributed by atoms with Crippen LogP contribution in [0.15, 0.2) is 49.4 Å². The van der Waals surface area contributed by atoms with Crippen LogP contribution < -0.4 is 4.74 Å². The molecule has 0 amide bonds. The maximum absolute atomic E-state index is 13.3. The second kappa shape index (κ2) is 5.32. The molecule has 0 N–H and O–H groups in total. The first-order valence-corrected chi connectivity index (χ1v) is 4.50. The smallest absolute Gasteiger partial charge is 0.202 e. The molecule has 0 saturated heterocycles. The monoisotopic (exact) mass is 225 g/mol. The summed E-state index contributed by atoms with van der Waals surface area (Å²) in [6.07, 6.45) is 5.86. The summed E-state index contributed by atoms with van der Waals surface area (Å²) >= 11 is 5.49. The van der Waals surface area contributed by atoms with Gasteiger partial charge in [0.05, 0.1) is 0 Å². The van der Waals surface area contributed by atoms with Gasteiger partial charge in [0.25, 0.3) is 0 Å². The van der Waals surface area contributed by atoms with Crippen LogP contribution in [0.2, 0.25) is 5.15 Å².